The Balaban J connectivity index is 1.43. The summed E-state index contributed by atoms with van der Waals surface area (Å²) >= 11 is 0. The van der Waals surface area contributed by atoms with Gasteiger partial charge in [0.15, 0.2) is 5.82 Å². The van der Waals surface area contributed by atoms with Crippen LogP contribution in [0.3, 0.4) is 0 Å². The topological polar surface area (TPSA) is 67.2 Å². The van der Waals surface area contributed by atoms with E-state index in [9.17, 15) is 9.59 Å². The van der Waals surface area contributed by atoms with E-state index in [1.165, 1.54) is 12.0 Å². The summed E-state index contributed by atoms with van der Waals surface area (Å²) in [7, 11) is 0. The molecule has 29 heavy (non-hydrogen) atoms. The van der Waals surface area contributed by atoms with Crippen LogP contribution in [0.1, 0.15) is 70.9 Å². The van der Waals surface area contributed by atoms with Crippen LogP contribution in [0, 0.1) is 0 Å². The van der Waals surface area contributed by atoms with Crippen molar-refractivity contribution in [1.82, 2.24) is 19.8 Å². The molecule has 0 unspecified atom stereocenters. The molecule has 0 spiro atoms. The Labute approximate surface area is 172 Å². The smallest absolute Gasteiger partial charge is 0.287 e. The molecule has 0 saturated carbocycles. The van der Waals surface area contributed by atoms with Crippen LogP contribution >= 0.6 is 0 Å². The molecule has 6 nitrogen and oxygen atoms in total. The molecule has 0 aliphatic carbocycles. The molecule has 1 aromatic carbocycles. The lowest BCUT2D eigenvalue weighted by Crippen LogP contribution is -2.36. The van der Waals surface area contributed by atoms with Gasteiger partial charge in [-0.05, 0) is 56.9 Å². The van der Waals surface area contributed by atoms with E-state index in [2.05, 4.69) is 22.4 Å². The van der Waals surface area contributed by atoms with Gasteiger partial charge in [0, 0.05) is 26.2 Å². The Bertz CT molecular complexity index is 853. The van der Waals surface area contributed by atoms with Crippen LogP contribution in [0.4, 0.5) is 0 Å². The van der Waals surface area contributed by atoms with Gasteiger partial charge in [0.05, 0.1) is 5.69 Å². The fourth-order valence-corrected chi connectivity index (χ4v) is 4.35. The summed E-state index contributed by atoms with van der Waals surface area (Å²) < 4.78 is 1.98. The molecule has 0 radical (unpaired) electrons. The Morgan fingerprint density at radius 3 is 2.52 bits per heavy atom. The number of piperidine rings is 1. The van der Waals surface area contributed by atoms with Crippen LogP contribution in [0.25, 0.3) is 0 Å². The number of imidazole rings is 1. The van der Waals surface area contributed by atoms with Gasteiger partial charge in [-0.25, -0.2) is 4.98 Å². The number of hydrogen-bond acceptors (Lipinski definition) is 3. The Kier molecular flexibility index (Phi) is 6.27. The minimum atomic E-state index is -0.168. The highest BCUT2D eigenvalue weighted by molar-refractivity contribution is 5.97. The third-order valence-electron chi connectivity index (χ3n) is 5.94. The first-order chi connectivity index (χ1) is 14.2. The van der Waals surface area contributed by atoms with E-state index in [-0.39, 0.29) is 11.8 Å². The molecule has 0 atom stereocenters. The van der Waals surface area contributed by atoms with Crippen molar-refractivity contribution in [3.8, 4) is 0 Å². The summed E-state index contributed by atoms with van der Waals surface area (Å²) in [5.74, 6) is 0.233. The number of likely N-dealkylation sites (tertiary alicyclic amines) is 1. The molecule has 0 bridgehead atoms. The molecule has 2 aliphatic rings. The third kappa shape index (κ3) is 4.52. The number of carbonyl (C=O) groups excluding carboxylic acids is 2. The molecular formula is C23H30N4O2. The second kappa shape index (κ2) is 9.25. The van der Waals surface area contributed by atoms with Gasteiger partial charge in [0.2, 0.25) is 0 Å². The fraction of sp³-hybridized carbons (Fsp3) is 0.522. The zero-order valence-electron chi connectivity index (χ0n) is 17.0. The first-order valence-electron chi connectivity index (χ1n) is 10.9. The van der Waals surface area contributed by atoms with Gasteiger partial charge in [-0.3, -0.25) is 9.59 Å². The molecule has 2 aromatic rings. The quantitative estimate of drug-likeness (QED) is 0.765. The Morgan fingerprint density at radius 2 is 1.72 bits per heavy atom. The van der Waals surface area contributed by atoms with Crippen molar-refractivity contribution in [3.63, 3.8) is 0 Å². The standard InChI is InChI=1S/C23H30N4O2/c28-22(24-14-9-12-18-10-3-1-4-11-18)21-25-20(19-13-5-8-17-27(19)21)23(29)26-15-6-2-7-16-26/h1,3-4,10-11H,2,5-9,12-17H2,(H,24,28). The van der Waals surface area contributed by atoms with Crippen LogP contribution in [0.5, 0.6) is 0 Å². The van der Waals surface area contributed by atoms with E-state index in [1.54, 1.807) is 0 Å². The summed E-state index contributed by atoms with van der Waals surface area (Å²) in [6.07, 6.45) is 7.99. The highest BCUT2D eigenvalue weighted by atomic mass is 16.2. The monoisotopic (exact) mass is 394 g/mol. The molecule has 1 fully saturated rings. The lowest BCUT2D eigenvalue weighted by molar-refractivity contribution is 0.0717. The minimum absolute atomic E-state index is 0.00141. The van der Waals surface area contributed by atoms with Gasteiger partial charge >= 0.3 is 0 Å². The second-order valence-electron chi connectivity index (χ2n) is 8.04. The van der Waals surface area contributed by atoms with Crippen LogP contribution in [-0.2, 0) is 19.4 Å². The number of aryl methyl sites for hydroxylation is 1. The molecule has 4 rings (SSSR count). The molecule has 1 aromatic heterocycles. The van der Waals surface area contributed by atoms with Gasteiger partial charge < -0.3 is 14.8 Å². The number of hydrogen-bond donors (Lipinski definition) is 1. The molecule has 1 N–H and O–H groups in total. The Morgan fingerprint density at radius 1 is 0.966 bits per heavy atom. The summed E-state index contributed by atoms with van der Waals surface area (Å²) in [6, 6.07) is 10.3. The zero-order chi connectivity index (χ0) is 20.1. The number of fused-ring (bicyclic) bond motifs is 1. The number of carbonyl (C=O) groups is 2. The Hall–Kier alpha value is -2.63. The number of aromatic nitrogens is 2. The third-order valence-corrected chi connectivity index (χ3v) is 5.94. The highest BCUT2D eigenvalue weighted by Crippen LogP contribution is 2.23. The normalized spacial score (nSPS) is 16.3. The maximum Gasteiger partial charge on any atom is 0.287 e. The molecular weight excluding hydrogens is 364 g/mol. The lowest BCUT2D eigenvalue weighted by atomic mass is 10.1. The second-order valence-corrected chi connectivity index (χ2v) is 8.04. The maximum absolute atomic E-state index is 13.0. The van der Waals surface area contributed by atoms with Gasteiger partial charge in [0.25, 0.3) is 11.8 Å². The van der Waals surface area contributed by atoms with Gasteiger partial charge in [-0.2, -0.15) is 0 Å². The predicted molar refractivity (Wildman–Crippen MR) is 112 cm³/mol. The molecule has 6 heteroatoms. The number of nitrogens with one attached hydrogen (secondary N) is 1. The van der Waals surface area contributed by atoms with Gasteiger partial charge in [-0.15, -0.1) is 0 Å². The van der Waals surface area contributed by atoms with Gasteiger partial charge in [-0.1, -0.05) is 30.3 Å². The van der Waals surface area contributed by atoms with Crippen LogP contribution < -0.4 is 5.32 Å². The predicted octanol–water partition coefficient (Wildman–Crippen LogP) is 3.21. The summed E-state index contributed by atoms with van der Waals surface area (Å²) in [5, 5.41) is 3.00. The molecule has 154 valence electrons. The van der Waals surface area contributed by atoms with Crippen molar-refractivity contribution in [2.45, 2.75) is 57.9 Å². The van der Waals surface area contributed by atoms with Crippen molar-refractivity contribution < 1.29 is 9.59 Å². The van der Waals surface area contributed by atoms with E-state index in [0.717, 1.165) is 70.3 Å². The van der Waals surface area contributed by atoms with Crippen molar-refractivity contribution in [2.75, 3.05) is 19.6 Å². The minimum Gasteiger partial charge on any atom is -0.349 e. The lowest BCUT2D eigenvalue weighted by Gasteiger charge is -2.26. The summed E-state index contributed by atoms with van der Waals surface area (Å²) in [4.78, 5) is 32.3. The molecule has 2 aliphatic heterocycles. The van der Waals surface area contributed by atoms with Crippen molar-refractivity contribution in [2.24, 2.45) is 0 Å². The first kappa shape index (κ1) is 19.7. The molecule has 2 amide bonds. The van der Waals surface area contributed by atoms with Crippen molar-refractivity contribution in [1.29, 1.82) is 0 Å². The molecule has 1 saturated heterocycles. The van der Waals surface area contributed by atoms with Crippen molar-refractivity contribution >= 4 is 11.8 Å². The van der Waals surface area contributed by atoms with Crippen LogP contribution in [-0.4, -0.2) is 45.9 Å². The first-order valence-corrected chi connectivity index (χ1v) is 10.9. The van der Waals surface area contributed by atoms with E-state index >= 15 is 0 Å². The van der Waals surface area contributed by atoms with E-state index in [4.69, 9.17) is 0 Å². The number of amides is 2. The number of nitrogens with zero attached hydrogens (tertiary/aromatic N) is 3. The van der Waals surface area contributed by atoms with E-state index in [0.29, 0.717) is 18.1 Å². The average Bonchev–Trinajstić information content (AvgIpc) is 3.17. The average molecular weight is 395 g/mol. The SMILES string of the molecule is O=C(NCCCc1ccccc1)c1nc(C(=O)N2CCCCC2)c2n1CCCC2. The highest BCUT2D eigenvalue weighted by Gasteiger charge is 2.30. The van der Waals surface area contributed by atoms with Crippen molar-refractivity contribution in [3.05, 3.63) is 53.1 Å². The fourth-order valence-electron chi connectivity index (χ4n) is 4.35. The van der Waals surface area contributed by atoms with Gasteiger partial charge in [0.1, 0.15) is 5.69 Å². The van der Waals surface area contributed by atoms with E-state index in [1.807, 2.05) is 27.7 Å². The number of rotatable bonds is 6. The van der Waals surface area contributed by atoms with Crippen LogP contribution in [0.15, 0.2) is 30.3 Å². The summed E-state index contributed by atoms with van der Waals surface area (Å²) in [6.45, 7) is 2.96. The largest absolute Gasteiger partial charge is 0.349 e. The summed E-state index contributed by atoms with van der Waals surface area (Å²) in [5.41, 5.74) is 2.72. The van der Waals surface area contributed by atoms with E-state index < -0.39 is 0 Å². The maximum atomic E-state index is 13.0. The number of benzene rings is 1. The molecule has 3 heterocycles. The van der Waals surface area contributed by atoms with Crippen LogP contribution in [0.2, 0.25) is 0 Å². The zero-order valence-corrected chi connectivity index (χ0v) is 17.0.